The van der Waals surface area contributed by atoms with Crippen molar-refractivity contribution in [1.82, 2.24) is 0 Å². The molecule has 1 nitrogen and oxygen atoms in total. The number of para-hydroxylation sites is 1. The highest BCUT2D eigenvalue weighted by molar-refractivity contribution is 5.27. The van der Waals surface area contributed by atoms with E-state index in [-0.39, 0.29) is 0 Å². The fraction of sp³-hybridized carbons (Fsp3) is 0.333. The van der Waals surface area contributed by atoms with E-state index < -0.39 is 0 Å². The minimum absolute atomic E-state index is 0.903. The summed E-state index contributed by atoms with van der Waals surface area (Å²) in [7, 11) is 0. The van der Waals surface area contributed by atoms with Gasteiger partial charge in [-0.2, -0.15) is 0 Å². The van der Waals surface area contributed by atoms with Crippen LogP contribution in [0.5, 0.6) is 5.75 Å². The lowest BCUT2D eigenvalue weighted by Gasteiger charge is -2.08. The van der Waals surface area contributed by atoms with Crippen molar-refractivity contribution in [3.8, 4) is 5.75 Å². The minimum atomic E-state index is 0.903. The molecule has 86 valence electrons. The number of ether oxygens (including phenoxy) is 1. The lowest BCUT2D eigenvalue weighted by atomic mass is 10.2. The average molecular weight is 216 g/mol. The molecule has 0 saturated carbocycles. The summed E-state index contributed by atoms with van der Waals surface area (Å²) in [4.78, 5) is 0. The van der Waals surface area contributed by atoms with Gasteiger partial charge >= 0.3 is 0 Å². The van der Waals surface area contributed by atoms with Crippen molar-refractivity contribution in [3.05, 3.63) is 54.3 Å². The summed E-state index contributed by atoms with van der Waals surface area (Å²) in [5, 5.41) is 0. The van der Waals surface area contributed by atoms with E-state index in [0.717, 1.165) is 24.4 Å². The topological polar surface area (TPSA) is 9.23 Å². The Morgan fingerprint density at radius 1 is 1.06 bits per heavy atom. The zero-order valence-electron chi connectivity index (χ0n) is 10.1. The lowest BCUT2D eigenvalue weighted by Crippen LogP contribution is -1.94. The Balaban J connectivity index is 0.000000386. The van der Waals surface area contributed by atoms with Gasteiger partial charge in [0.25, 0.3) is 0 Å². The molecule has 0 fully saturated rings. The third kappa shape index (κ3) is 4.83. The SMILES string of the molecule is C1=CC(Oc2ccccc2)=CCC1.CCC. The first kappa shape index (κ1) is 12.6. The summed E-state index contributed by atoms with van der Waals surface area (Å²) >= 11 is 0. The molecule has 0 N–H and O–H groups in total. The number of allylic oxidation sites excluding steroid dienone is 3. The third-order valence-corrected chi connectivity index (χ3v) is 1.94. The first-order chi connectivity index (χ1) is 7.86. The molecule has 0 atom stereocenters. The second-order valence-corrected chi connectivity index (χ2v) is 3.71. The van der Waals surface area contributed by atoms with Crippen LogP contribution in [0.3, 0.4) is 0 Å². The maximum atomic E-state index is 5.63. The Hall–Kier alpha value is -1.50. The van der Waals surface area contributed by atoms with Gasteiger partial charge in [-0.15, -0.1) is 0 Å². The number of hydrogen-bond donors (Lipinski definition) is 0. The second-order valence-electron chi connectivity index (χ2n) is 3.71. The largest absolute Gasteiger partial charge is 0.458 e. The summed E-state index contributed by atoms with van der Waals surface area (Å²) < 4.78 is 5.63. The highest BCUT2D eigenvalue weighted by Gasteiger charge is 1.98. The summed E-state index contributed by atoms with van der Waals surface area (Å²) in [6.45, 7) is 4.25. The third-order valence-electron chi connectivity index (χ3n) is 1.94. The molecule has 1 aliphatic rings. The monoisotopic (exact) mass is 216 g/mol. The predicted molar refractivity (Wildman–Crippen MR) is 69.5 cm³/mol. The molecule has 0 aliphatic heterocycles. The molecule has 0 heterocycles. The van der Waals surface area contributed by atoms with Crippen molar-refractivity contribution in [2.24, 2.45) is 0 Å². The van der Waals surface area contributed by atoms with Gasteiger partial charge in [0, 0.05) is 0 Å². The van der Waals surface area contributed by atoms with Crippen molar-refractivity contribution in [2.45, 2.75) is 33.1 Å². The van der Waals surface area contributed by atoms with Crippen LogP contribution in [0.1, 0.15) is 33.1 Å². The normalized spacial score (nSPS) is 13.5. The van der Waals surface area contributed by atoms with E-state index in [9.17, 15) is 0 Å². The molecule has 0 spiro atoms. The van der Waals surface area contributed by atoms with E-state index in [2.05, 4.69) is 26.0 Å². The van der Waals surface area contributed by atoms with Crippen molar-refractivity contribution in [3.63, 3.8) is 0 Å². The van der Waals surface area contributed by atoms with E-state index in [4.69, 9.17) is 4.74 Å². The molecule has 1 heteroatoms. The van der Waals surface area contributed by atoms with Crippen molar-refractivity contribution >= 4 is 0 Å². The molecular weight excluding hydrogens is 196 g/mol. The van der Waals surface area contributed by atoms with Crippen LogP contribution in [0.4, 0.5) is 0 Å². The van der Waals surface area contributed by atoms with E-state index in [1.165, 1.54) is 6.42 Å². The number of rotatable bonds is 2. The Morgan fingerprint density at radius 2 is 1.75 bits per heavy atom. The predicted octanol–water partition coefficient (Wildman–Crippen LogP) is 4.72. The molecule has 0 saturated heterocycles. The van der Waals surface area contributed by atoms with Gasteiger partial charge < -0.3 is 4.74 Å². The quantitative estimate of drug-likeness (QED) is 0.695. The second kappa shape index (κ2) is 7.75. The van der Waals surface area contributed by atoms with Gasteiger partial charge in [-0.3, -0.25) is 0 Å². The zero-order valence-corrected chi connectivity index (χ0v) is 10.1. The number of benzene rings is 1. The fourth-order valence-electron chi connectivity index (χ4n) is 1.29. The van der Waals surface area contributed by atoms with Crippen LogP contribution in [0.15, 0.2) is 54.3 Å². The van der Waals surface area contributed by atoms with Gasteiger partial charge in [-0.25, -0.2) is 0 Å². The van der Waals surface area contributed by atoms with Gasteiger partial charge in [0.1, 0.15) is 11.5 Å². The fourth-order valence-corrected chi connectivity index (χ4v) is 1.29. The van der Waals surface area contributed by atoms with Crippen LogP contribution in [0.25, 0.3) is 0 Å². The van der Waals surface area contributed by atoms with Gasteiger partial charge in [0.05, 0.1) is 0 Å². The first-order valence-corrected chi connectivity index (χ1v) is 5.96. The average Bonchev–Trinajstić information content (AvgIpc) is 2.33. The van der Waals surface area contributed by atoms with Crippen LogP contribution >= 0.6 is 0 Å². The molecular formula is C15H20O. The Kier molecular flexibility index (Phi) is 6.09. The van der Waals surface area contributed by atoms with Crippen molar-refractivity contribution in [2.75, 3.05) is 0 Å². The van der Waals surface area contributed by atoms with Crippen LogP contribution in [0.2, 0.25) is 0 Å². The molecule has 0 radical (unpaired) electrons. The molecule has 0 aromatic heterocycles. The van der Waals surface area contributed by atoms with E-state index >= 15 is 0 Å². The molecule has 0 unspecified atom stereocenters. The minimum Gasteiger partial charge on any atom is -0.458 e. The molecule has 1 aliphatic carbocycles. The van der Waals surface area contributed by atoms with E-state index in [0.29, 0.717) is 0 Å². The molecule has 1 aromatic rings. The maximum absolute atomic E-state index is 5.63. The van der Waals surface area contributed by atoms with E-state index in [1.807, 2.05) is 36.4 Å². The summed E-state index contributed by atoms with van der Waals surface area (Å²) in [5.74, 6) is 1.86. The summed E-state index contributed by atoms with van der Waals surface area (Å²) in [6, 6.07) is 9.86. The van der Waals surface area contributed by atoms with Crippen molar-refractivity contribution in [1.29, 1.82) is 0 Å². The molecule has 2 rings (SSSR count). The highest BCUT2D eigenvalue weighted by Crippen LogP contribution is 2.16. The molecule has 0 amide bonds. The van der Waals surface area contributed by atoms with Crippen LogP contribution in [0, 0.1) is 0 Å². The highest BCUT2D eigenvalue weighted by atomic mass is 16.5. The molecule has 1 aromatic carbocycles. The van der Waals surface area contributed by atoms with Gasteiger partial charge in [-0.1, -0.05) is 44.5 Å². The summed E-state index contributed by atoms with van der Waals surface area (Å²) in [5.41, 5.74) is 0. The standard InChI is InChI=1S/C12H12O.C3H8/c1-3-7-11(8-4-1)13-12-9-5-2-6-10-12;1-3-2/h1,3-5,7-10H,2,6H2;3H2,1-2H3. The van der Waals surface area contributed by atoms with Crippen LogP contribution < -0.4 is 4.74 Å². The Morgan fingerprint density at radius 3 is 2.31 bits per heavy atom. The van der Waals surface area contributed by atoms with Crippen LogP contribution in [-0.4, -0.2) is 0 Å². The summed E-state index contributed by atoms with van der Waals surface area (Å²) in [6.07, 6.45) is 9.74. The number of hydrogen-bond acceptors (Lipinski definition) is 1. The van der Waals surface area contributed by atoms with E-state index in [1.54, 1.807) is 0 Å². The Bertz CT molecular complexity index is 336. The Labute approximate surface area is 98.5 Å². The van der Waals surface area contributed by atoms with Gasteiger partial charge in [-0.05, 0) is 37.1 Å². The smallest absolute Gasteiger partial charge is 0.127 e. The maximum Gasteiger partial charge on any atom is 0.127 e. The van der Waals surface area contributed by atoms with Crippen molar-refractivity contribution < 1.29 is 4.74 Å². The van der Waals surface area contributed by atoms with Gasteiger partial charge in [0.15, 0.2) is 0 Å². The lowest BCUT2D eigenvalue weighted by molar-refractivity contribution is 0.439. The zero-order chi connectivity index (χ0) is 11.6. The first-order valence-electron chi connectivity index (χ1n) is 5.96. The molecule has 16 heavy (non-hydrogen) atoms. The van der Waals surface area contributed by atoms with Crippen LogP contribution in [-0.2, 0) is 0 Å². The molecule has 0 bridgehead atoms. The van der Waals surface area contributed by atoms with Gasteiger partial charge in [0.2, 0.25) is 0 Å².